The molecule has 1 aromatic heterocycles. The van der Waals surface area contributed by atoms with Gasteiger partial charge in [-0.05, 0) is 31.9 Å². The van der Waals surface area contributed by atoms with Crippen molar-refractivity contribution in [1.82, 2.24) is 25.4 Å². The molecule has 2 atom stereocenters. The lowest BCUT2D eigenvalue weighted by molar-refractivity contribution is 0.605. The molecule has 1 fully saturated rings. The minimum Gasteiger partial charge on any atom is -0.354 e. The molecule has 22 heavy (non-hydrogen) atoms. The zero-order chi connectivity index (χ0) is 14.7. The highest BCUT2D eigenvalue weighted by Crippen LogP contribution is 2.28. The fraction of sp³-hybridized carbons (Fsp3) is 0.786. The van der Waals surface area contributed by atoms with Gasteiger partial charge in [0.25, 0.3) is 0 Å². The molecule has 0 amide bonds. The Labute approximate surface area is 153 Å². The van der Waals surface area contributed by atoms with Crippen molar-refractivity contribution in [2.24, 2.45) is 4.99 Å². The Balaban J connectivity index is 0.00000176. The van der Waals surface area contributed by atoms with E-state index in [4.69, 9.17) is 0 Å². The molecule has 124 valence electrons. The van der Waals surface area contributed by atoms with E-state index in [9.17, 15) is 0 Å². The number of thioether (sulfide) groups is 1. The van der Waals surface area contributed by atoms with Crippen LogP contribution in [0.15, 0.2) is 4.99 Å². The van der Waals surface area contributed by atoms with Crippen LogP contribution in [-0.2, 0) is 19.5 Å². The maximum Gasteiger partial charge on any atom is 0.191 e. The second-order valence-corrected chi connectivity index (χ2v) is 6.86. The van der Waals surface area contributed by atoms with Crippen molar-refractivity contribution in [2.45, 2.75) is 56.5 Å². The van der Waals surface area contributed by atoms with E-state index in [1.54, 1.807) is 0 Å². The summed E-state index contributed by atoms with van der Waals surface area (Å²) in [7, 11) is 1.82. The van der Waals surface area contributed by atoms with Gasteiger partial charge in [-0.1, -0.05) is 0 Å². The number of nitrogens with one attached hydrogen (secondary N) is 2. The zero-order valence-corrected chi connectivity index (χ0v) is 16.4. The van der Waals surface area contributed by atoms with Gasteiger partial charge in [0.2, 0.25) is 0 Å². The van der Waals surface area contributed by atoms with E-state index in [2.05, 4.69) is 36.6 Å². The highest BCUT2D eigenvalue weighted by atomic mass is 127. The molecule has 1 aliphatic heterocycles. The van der Waals surface area contributed by atoms with Crippen molar-refractivity contribution in [2.75, 3.05) is 13.3 Å². The van der Waals surface area contributed by atoms with Gasteiger partial charge < -0.3 is 15.2 Å². The molecule has 1 aromatic rings. The van der Waals surface area contributed by atoms with Crippen LogP contribution in [0.3, 0.4) is 0 Å². The summed E-state index contributed by atoms with van der Waals surface area (Å²) in [5, 5.41) is 16.2. The van der Waals surface area contributed by atoms with Crippen LogP contribution in [0, 0.1) is 0 Å². The first kappa shape index (κ1) is 17.8. The van der Waals surface area contributed by atoms with Crippen LogP contribution in [0.5, 0.6) is 0 Å². The topological polar surface area (TPSA) is 67.1 Å². The van der Waals surface area contributed by atoms with Crippen molar-refractivity contribution in [3.8, 4) is 0 Å². The summed E-state index contributed by atoms with van der Waals surface area (Å²) < 4.78 is 2.22. The number of nitrogens with zero attached hydrogens (tertiary/aromatic N) is 4. The number of hydrogen-bond donors (Lipinski definition) is 2. The average molecular weight is 436 g/mol. The number of fused-ring (bicyclic) bond motifs is 1. The molecule has 6 nitrogen and oxygen atoms in total. The first-order valence-electron chi connectivity index (χ1n) is 7.71. The van der Waals surface area contributed by atoms with Gasteiger partial charge in [-0.15, -0.1) is 34.2 Å². The molecule has 1 aliphatic carbocycles. The predicted molar refractivity (Wildman–Crippen MR) is 102 cm³/mol. The van der Waals surface area contributed by atoms with Crippen molar-refractivity contribution >= 4 is 41.7 Å². The highest BCUT2D eigenvalue weighted by Gasteiger charge is 2.24. The van der Waals surface area contributed by atoms with Gasteiger partial charge in [0.15, 0.2) is 11.8 Å². The molecular formula is C14H25IN6S. The third-order valence-electron chi connectivity index (χ3n) is 4.38. The van der Waals surface area contributed by atoms with Crippen molar-refractivity contribution in [3.63, 3.8) is 0 Å². The van der Waals surface area contributed by atoms with Crippen molar-refractivity contribution < 1.29 is 0 Å². The standard InChI is InChI=1S/C14H24N6S.HI/c1-15-14(17-10-5-6-11(8-10)21-2)16-9-13-19-18-12-4-3-7-20(12)13;/h10-11H,3-9H2,1-2H3,(H2,15,16,17);1H. The number of aryl methyl sites for hydroxylation is 1. The summed E-state index contributed by atoms with van der Waals surface area (Å²) in [6.07, 6.45) is 8.19. The van der Waals surface area contributed by atoms with E-state index in [-0.39, 0.29) is 24.0 Å². The number of aromatic nitrogens is 3. The van der Waals surface area contributed by atoms with Gasteiger partial charge >= 0.3 is 0 Å². The molecule has 1 saturated carbocycles. The lowest BCUT2D eigenvalue weighted by atomic mass is 10.2. The van der Waals surface area contributed by atoms with Gasteiger partial charge in [0.05, 0.1) is 6.54 Å². The second-order valence-electron chi connectivity index (χ2n) is 5.73. The van der Waals surface area contributed by atoms with Crippen LogP contribution in [0.2, 0.25) is 0 Å². The summed E-state index contributed by atoms with van der Waals surface area (Å²) in [5.74, 6) is 3.00. The maximum absolute atomic E-state index is 4.33. The van der Waals surface area contributed by atoms with Crippen molar-refractivity contribution in [3.05, 3.63) is 11.6 Å². The van der Waals surface area contributed by atoms with Gasteiger partial charge in [-0.25, -0.2) is 0 Å². The summed E-state index contributed by atoms with van der Waals surface area (Å²) in [5.41, 5.74) is 0. The first-order chi connectivity index (χ1) is 10.3. The summed E-state index contributed by atoms with van der Waals surface area (Å²) >= 11 is 1.97. The number of hydrogen-bond acceptors (Lipinski definition) is 4. The molecule has 2 N–H and O–H groups in total. The molecular weight excluding hydrogens is 411 g/mol. The van der Waals surface area contributed by atoms with Gasteiger partial charge in [-0.3, -0.25) is 4.99 Å². The van der Waals surface area contributed by atoms with Crippen LogP contribution >= 0.6 is 35.7 Å². The van der Waals surface area contributed by atoms with Crippen LogP contribution in [0.4, 0.5) is 0 Å². The first-order valence-corrected chi connectivity index (χ1v) is 9.00. The Bertz CT molecular complexity index is 517. The molecule has 0 bridgehead atoms. The molecule has 0 aromatic carbocycles. The molecule has 0 saturated heterocycles. The minimum absolute atomic E-state index is 0. The van der Waals surface area contributed by atoms with Crippen LogP contribution in [-0.4, -0.2) is 45.3 Å². The minimum atomic E-state index is 0. The highest BCUT2D eigenvalue weighted by molar-refractivity contribution is 14.0. The smallest absolute Gasteiger partial charge is 0.191 e. The van der Waals surface area contributed by atoms with Gasteiger partial charge in [0, 0.05) is 31.3 Å². The predicted octanol–water partition coefficient (Wildman–Crippen LogP) is 1.79. The Morgan fingerprint density at radius 2 is 2.27 bits per heavy atom. The lowest BCUT2D eigenvalue weighted by Crippen LogP contribution is -2.42. The van der Waals surface area contributed by atoms with E-state index >= 15 is 0 Å². The summed E-state index contributed by atoms with van der Waals surface area (Å²) in [6.45, 7) is 1.73. The van der Waals surface area contributed by atoms with Gasteiger partial charge in [0.1, 0.15) is 5.82 Å². The Morgan fingerprint density at radius 3 is 3.00 bits per heavy atom. The molecule has 2 unspecified atom stereocenters. The van der Waals surface area contributed by atoms with Gasteiger partial charge in [-0.2, -0.15) is 11.8 Å². The summed E-state index contributed by atoms with van der Waals surface area (Å²) in [4.78, 5) is 4.33. The zero-order valence-electron chi connectivity index (χ0n) is 13.2. The largest absolute Gasteiger partial charge is 0.354 e. The molecule has 3 rings (SSSR count). The summed E-state index contributed by atoms with van der Waals surface area (Å²) in [6, 6.07) is 0.540. The third kappa shape index (κ3) is 4.06. The normalized spacial score (nSPS) is 24.0. The van der Waals surface area contributed by atoms with Crippen molar-refractivity contribution in [1.29, 1.82) is 0 Å². The Morgan fingerprint density at radius 1 is 1.41 bits per heavy atom. The quantitative estimate of drug-likeness (QED) is 0.428. The fourth-order valence-corrected chi connectivity index (χ4v) is 3.97. The average Bonchev–Trinajstić information content (AvgIpc) is 3.20. The molecule has 8 heteroatoms. The fourth-order valence-electron chi connectivity index (χ4n) is 3.18. The molecule has 0 radical (unpaired) electrons. The van der Waals surface area contributed by atoms with E-state index in [0.717, 1.165) is 35.8 Å². The van der Waals surface area contributed by atoms with Crippen LogP contribution < -0.4 is 10.6 Å². The van der Waals surface area contributed by atoms with E-state index in [1.807, 2.05) is 18.8 Å². The number of aliphatic imine (C=N–C) groups is 1. The maximum atomic E-state index is 4.33. The third-order valence-corrected chi connectivity index (χ3v) is 5.48. The Hall–Kier alpha value is -0.510. The van der Waals surface area contributed by atoms with E-state index in [1.165, 1.54) is 25.7 Å². The second kappa shape index (κ2) is 8.37. The lowest BCUT2D eigenvalue weighted by Gasteiger charge is -2.17. The number of rotatable bonds is 4. The molecule has 2 aliphatic rings. The Kier molecular flexibility index (Phi) is 6.79. The number of halogens is 1. The van der Waals surface area contributed by atoms with E-state index < -0.39 is 0 Å². The van der Waals surface area contributed by atoms with Crippen LogP contribution in [0.25, 0.3) is 0 Å². The SMILES string of the molecule is CN=C(NCc1nnc2n1CCC2)NC1CCC(SC)C1.I. The monoisotopic (exact) mass is 436 g/mol. The van der Waals surface area contributed by atoms with Crippen LogP contribution in [0.1, 0.15) is 37.3 Å². The molecule has 0 spiro atoms. The number of guanidine groups is 1. The van der Waals surface area contributed by atoms with E-state index in [0.29, 0.717) is 12.6 Å². The molecule has 2 heterocycles.